The van der Waals surface area contributed by atoms with Gasteiger partial charge in [-0.1, -0.05) is 25.6 Å². The van der Waals surface area contributed by atoms with Gasteiger partial charge in [0.1, 0.15) is 0 Å². The predicted molar refractivity (Wildman–Crippen MR) is 69.8 cm³/mol. The molecule has 0 aliphatic rings. The molecule has 0 saturated heterocycles. The fraction of sp³-hybridized carbons (Fsp3) is 0.667. The summed E-state index contributed by atoms with van der Waals surface area (Å²) < 4.78 is 0. The van der Waals surface area contributed by atoms with E-state index in [1.807, 2.05) is 19.2 Å². The van der Waals surface area contributed by atoms with E-state index < -0.39 is 0 Å². The summed E-state index contributed by atoms with van der Waals surface area (Å²) in [5.41, 5.74) is 1.03. The van der Waals surface area contributed by atoms with Gasteiger partial charge in [0.25, 0.3) is 0 Å². The van der Waals surface area contributed by atoms with E-state index in [1.54, 1.807) is 11.8 Å². The molecule has 0 radical (unpaired) electrons. The lowest BCUT2D eigenvalue weighted by atomic mass is 10.2. The van der Waals surface area contributed by atoms with E-state index in [1.165, 1.54) is 6.42 Å². The minimum atomic E-state index is 0.480. The summed E-state index contributed by atoms with van der Waals surface area (Å²) in [5, 5.41) is 4.84. The van der Waals surface area contributed by atoms with Gasteiger partial charge in [-0.2, -0.15) is 0 Å². The van der Waals surface area contributed by atoms with Crippen molar-refractivity contribution in [1.82, 2.24) is 15.3 Å². The first kappa shape index (κ1) is 13.5. The number of rotatable bonds is 6. The van der Waals surface area contributed by atoms with E-state index in [0.29, 0.717) is 11.3 Å². The van der Waals surface area contributed by atoms with Gasteiger partial charge in [-0.25, -0.2) is 9.97 Å². The molecule has 1 heterocycles. The Bertz CT molecular complexity index is 317. The van der Waals surface area contributed by atoms with E-state index in [9.17, 15) is 0 Å². The van der Waals surface area contributed by atoms with E-state index in [-0.39, 0.29) is 0 Å². The minimum absolute atomic E-state index is 0.480. The molecule has 2 unspecified atom stereocenters. The van der Waals surface area contributed by atoms with Crippen molar-refractivity contribution in [2.24, 2.45) is 0 Å². The number of hydrogen-bond donors (Lipinski definition) is 1. The number of aromatic nitrogens is 2. The van der Waals surface area contributed by atoms with Gasteiger partial charge in [0.05, 0.1) is 0 Å². The van der Waals surface area contributed by atoms with Crippen LogP contribution in [0.3, 0.4) is 0 Å². The van der Waals surface area contributed by atoms with Gasteiger partial charge >= 0.3 is 0 Å². The first-order valence-electron chi connectivity index (χ1n) is 5.83. The van der Waals surface area contributed by atoms with Crippen molar-refractivity contribution in [1.29, 1.82) is 0 Å². The molecule has 0 bridgehead atoms. The third-order valence-electron chi connectivity index (χ3n) is 2.48. The Balaban J connectivity index is 2.47. The van der Waals surface area contributed by atoms with Gasteiger partial charge in [-0.3, -0.25) is 0 Å². The third-order valence-corrected chi connectivity index (χ3v) is 3.67. The zero-order valence-electron chi connectivity index (χ0n) is 10.5. The lowest BCUT2D eigenvalue weighted by molar-refractivity contribution is 0.541. The van der Waals surface area contributed by atoms with Crippen molar-refractivity contribution in [2.75, 3.05) is 6.54 Å². The van der Waals surface area contributed by atoms with Gasteiger partial charge in [0.2, 0.25) is 0 Å². The molecule has 2 atom stereocenters. The summed E-state index contributed by atoms with van der Waals surface area (Å²) in [7, 11) is 0. The summed E-state index contributed by atoms with van der Waals surface area (Å²) in [6.45, 7) is 9.67. The second kappa shape index (κ2) is 6.86. The quantitative estimate of drug-likeness (QED) is 0.612. The van der Waals surface area contributed by atoms with E-state index in [0.717, 1.165) is 17.4 Å². The summed E-state index contributed by atoms with van der Waals surface area (Å²) in [6.07, 6.45) is 2.99. The van der Waals surface area contributed by atoms with Gasteiger partial charge in [0, 0.05) is 23.2 Å². The number of nitrogens with one attached hydrogen (secondary N) is 1. The average molecular weight is 239 g/mol. The molecule has 1 aromatic rings. The molecule has 1 aromatic heterocycles. The normalized spacial score (nSPS) is 14.8. The van der Waals surface area contributed by atoms with E-state index in [4.69, 9.17) is 0 Å². The molecule has 0 aliphatic carbocycles. The molecule has 16 heavy (non-hydrogen) atoms. The second-order valence-corrected chi connectivity index (χ2v) is 5.39. The van der Waals surface area contributed by atoms with E-state index in [2.05, 4.69) is 36.1 Å². The van der Waals surface area contributed by atoms with Crippen molar-refractivity contribution in [3.8, 4) is 0 Å². The highest BCUT2D eigenvalue weighted by molar-refractivity contribution is 7.99. The topological polar surface area (TPSA) is 37.8 Å². The second-order valence-electron chi connectivity index (χ2n) is 4.05. The van der Waals surface area contributed by atoms with Crippen molar-refractivity contribution in [2.45, 2.75) is 50.6 Å². The van der Waals surface area contributed by atoms with Crippen LogP contribution < -0.4 is 5.32 Å². The molecule has 0 aromatic carbocycles. The van der Waals surface area contributed by atoms with Crippen LogP contribution in [0.4, 0.5) is 0 Å². The average Bonchev–Trinajstić information content (AvgIpc) is 2.25. The molecule has 90 valence electrons. The van der Waals surface area contributed by atoms with Crippen LogP contribution in [0.2, 0.25) is 0 Å². The third kappa shape index (κ3) is 4.49. The summed E-state index contributed by atoms with van der Waals surface area (Å²) >= 11 is 1.73. The molecular formula is C12H21N3S. The van der Waals surface area contributed by atoms with Gasteiger partial charge in [-0.05, 0) is 32.9 Å². The zero-order valence-corrected chi connectivity index (χ0v) is 11.3. The molecule has 4 heteroatoms. The Morgan fingerprint density at radius 2 is 2.19 bits per heavy atom. The summed E-state index contributed by atoms with van der Waals surface area (Å²) in [4.78, 5) is 8.67. The molecule has 0 fully saturated rings. The first-order chi connectivity index (χ1) is 7.63. The molecule has 0 amide bonds. The van der Waals surface area contributed by atoms with Crippen molar-refractivity contribution >= 4 is 11.8 Å². The van der Waals surface area contributed by atoms with Gasteiger partial charge in [-0.15, -0.1) is 0 Å². The SMILES string of the molecule is CCCNC(C)C(C)Sc1nccc(C)n1. The minimum Gasteiger partial charge on any atom is -0.313 e. The Morgan fingerprint density at radius 3 is 2.81 bits per heavy atom. The highest BCUT2D eigenvalue weighted by Gasteiger charge is 2.13. The summed E-state index contributed by atoms with van der Waals surface area (Å²) in [5.74, 6) is 0. The molecule has 1 N–H and O–H groups in total. The van der Waals surface area contributed by atoms with Crippen LogP contribution in [0.25, 0.3) is 0 Å². The van der Waals surface area contributed by atoms with E-state index >= 15 is 0 Å². The standard InChI is InChI=1S/C12H21N3S/c1-5-7-13-10(3)11(4)16-12-14-8-6-9(2)15-12/h6,8,10-11,13H,5,7H2,1-4H3. The number of aryl methyl sites for hydroxylation is 1. The van der Waals surface area contributed by atoms with Gasteiger partial charge in [0.15, 0.2) is 5.16 Å². The van der Waals surface area contributed by atoms with Crippen LogP contribution in [0.15, 0.2) is 17.4 Å². The Labute approximate surface area is 102 Å². The summed E-state index contributed by atoms with van der Waals surface area (Å²) in [6, 6.07) is 2.40. The first-order valence-corrected chi connectivity index (χ1v) is 6.71. The van der Waals surface area contributed by atoms with Crippen molar-refractivity contribution in [3.05, 3.63) is 18.0 Å². The van der Waals surface area contributed by atoms with Crippen LogP contribution in [-0.2, 0) is 0 Å². The lowest BCUT2D eigenvalue weighted by Crippen LogP contribution is -2.34. The number of thioether (sulfide) groups is 1. The monoisotopic (exact) mass is 239 g/mol. The Hall–Kier alpha value is -0.610. The molecule has 0 saturated carbocycles. The maximum atomic E-state index is 4.40. The molecule has 3 nitrogen and oxygen atoms in total. The van der Waals surface area contributed by atoms with Crippen LogP contribution in [-0.4, -0.2) is 27.8 Å². The predicted octanol–water partition coefficient (Wildman–Crippen LogP) is 2.65. The fourth-order valence-electron chi connectivity index (χ4n) is 1.29. The largest absolute Gasteiger partial charge is 0.313 e. The molecule has 0 aliphatic heterocycles. The molecule has 1 rings (SSSR count). The Morgan fingerprint density at radius 1 is 1.44 bits per heavy atom. The molecular weight excluding hydrogens is 218 g/mol. The van der Waals surface area contributed by atoms with Crippen molar-refractivity contribution < 1.29 is 0 Å². The van der Waals surface area contributed by atoms with Crippen LogP contribution >= 0.6 is 11.8 Å². The highest BCUT2D eigenvalue weighted by atomic mass is 32.2. The zero-order chi connectivity index (χ0) is 12.0. The maximum Gasteiger partial charge on any atom is 0.188 e. The van der Waals surface area contributed by atoms with Crippen LogP contribution in [0.1, 0.15) is 32.9 Å². The highest BCUT2D eigenvalue weighted by Crippen LogP contribution is 2.21. The smallest absolute Gasteiger partial charge is 0.188 e. The van der Waals surface area contributed by atoms with Crippen molar-refractivity contribution in [3.63, 3.8) is 0 Å². The maximum absolute atomic E-state index is 4.40. The number of hydrogen-bond acceptors (Lipinski definition) is 4. The van der Waals surface area contributed by atoms with Gasteiger partial charge < -0.3 is 5.32 Å². The van der Waals surface area contributed by atoms with Crippen LogP contribution in [0.5, 0.6) is 0 Å². The lowest BCUT2D eigenvalue weighted by Gasteiger charge is -2.19. The number of nitrogens with zero attached hydrogens (tertiary/aromatic N) is 2. The Kier molecular flexibility index (Phi) is 5.77. The molecule has 0 spiro atoms. The fourth-order valence-corrected chi connectivity index (χ4v) is 2.24. The van der Waals surface area contributed by atoms with Crippen LogP contribution in [0, 0.1) is 6.92 Å².